The molecule has 0 amide bonds. The van der Waals surface area contributed by atoms with Crippen molar-refractivity contribution >= 4 is 45.0 Å². The maximum atomic E-state index is 11.7. The maximum Gasteiger partial charge on any atom is 0.417 e. The van der Waals surface area contributed by atoms with Gasteiger partial charge >= 0.3 is 5.76 Å². The molecule has 0 bridgehead atoms. The molecule has 0 atom stereocenters. The van der Waals surface area contributed by atoms with Crippen LogP contribution in [-0.4, -0.2) is 30.3 Å². The molecule has 0 spiro atoms. The molecular formula is C26H18ClN5O3. The predicted molar refractivity (Wildman–Crippen MR) is 136 cm³/mol. The van der Waals surface area contributed by atoms with E-state index in [0.29, 0.717) is 44.2 Å². The first-order valence-electron chi connectivity index (χ1n) is 10.8. The number of halogens is 1. The molecule has 0 aliphatic carbocycles. The number of H-pyrrole nitrogens is 2. The number of fused-ring (bicyclic) bond motifs is 2. The number of nitrogens with one attached hydrogen (secondary N) is 2. The number of hydrogen-bond acceptors (Lipinski definition) is 5. The number of aromatic hydroxyl groups is 1. The van der Waals surface area contributed by atoms with Gasteiger partial charge in [0.1, 0.15) is 5.82 Å². The minimum absolute atomic E-state index is 0.0357. The van der Waals surface area contributed by atoms with Crippen molar-refractivity contribution in [1.82, 2.24) is 19.5 Å². The van der Waals surface area contributed by atoms with Gasteiger partial charge in [0.2, 0.25) is 0 Å². The van der Waals surface area contributed by atoms with E-state index in [9.17, 15) is 9.90 Å². The van der Waals surface area contributed by atoms with Gasteiger partial charge in [-0.3, -0.25) is 4.98 Å². The second-order valence-electron chi connectivity index (χ2n) is 8.13. The van der Waals surface area contributed by atoms with E-state index in [1.54, 1.807) is 36.5 Å². The van der Waals surface area contributed by atoms with Gasteiger partial charge < -0.3 is 19.1 Å². The molecule has 3 N–H and O–H groups in total. The first-order valence-corrected chi connectivity index (χ1v) is 11.1. The zero-order chi connectivity index (χ0) is 24.1. The summed E-state index contributed by atoms with van der Waals surface area (Å²) in [5.41, 5.74) is 5.02. The predicted octanol–water partition coefficient (Wildman–Crippen LogP) is 5.53. The SMILES string of the molecule is Cn1ccnc1-c1ccc(N=C(c2ccc3oc(=O)[nH]c3c2)c2c(O)[nH]c3cc(Cl)ccc23)cc1. The lowest BCUT2D eigenvalue weighted by Crippen LogP contribution is -2.03. The number of aryl methyl sites for hydroxylation is 1. The Morgan fingerprint density at radius 1 is 1.06 bits per heavy atom. The Morgan fingerprint density at radius 3 is 2.66 bits per heavy atom. The van der Waals surface area contributed by atoms with Crippen molar-refractivity contribution in [2.75, 3.05) is 0 Å². The smallest absolute Gasteiger partial charge is 0.417 e. The fourth-order valence-electron chi connectivity index (χ4n) is 4.22. The zero-order valence-electron chi connectivity index (χ0n) is 18.4. The first kappa shape index (κ1) is 21.0. The number of aromatic amines is 2. The van der Waals surface area contributed by atoms with Gasteiger partial charge in [-0.15, -0.1) is 0 Å². The quantitative estimate of drug-likeness (QED) is 0.286. The Morgan fingerprint density at radius 2 is 1.89 bits per heavy atom. The fourth-order valence-corrected chi connectivity index (χ4v) is 4.39. The van der Waals surface area contributed by atoms with Crippen molar-refractivity contribution in [2.45, 2.75) is 0 Å². The van der Waals surface area contributed by atoms with Crippen LogP contribution in [0.1, 0.15) is 11.1 Å². The monoisotopic (exact) mass is 483 g/mol. The van der Waals surface area contributed by atoms with Crippen LogP contribution in [0.25, 0.3) is 33.4 Å². The van der Waals surface area contributed by atoms with Crippen molar-refractivity contribution < 1.29 is 9.52 Å². The van der Waals surface area contributed by atoms with Crippen LogP contribution >= 0.6 is 11.6 Å². The van der Waals surface area contributed by atoms with Gasteiger partial charge in [0.25, 0.3) is 0 Å². The van der Waals surface area contributed by atoms with Crippen LogP contribution in [-0.2, 0) is 7.05 Å². The molecule has 0 saturated carbocycles. The standard InChI is InChI=1S/C26H18ClN5O3/c1-32-11-10-28-24(32)14-2-6-17(7-3-14)29-23(15-4-9-21-20(12-15)31-26(34)35-21)22-18-8-5-16(27)13-19(18)30-25(22)33/h2-13,30,33H,1H3,(H,31,34). The third-order valence-corrected chi connectivity index (χ3v) is 6.09. The van der Waals surface area contributed by atoms with E-state index in [1.807, 2.05) is 48.1 Å². The molecular weight excluding hydrogens is 466 g/mol. The summed E-state index contributed by atoms with van der Waals surface area (Å²) in [6.07, 6.45) is 3.64. The van der Waals surface area contributed by atoms with Gasteiger partial charge in [-0.1, -0.05) is 17.7 Å². The van der Waals surface area contributed by atoms with Gasteiger partial charge in [-0.05, 0) is 54.6 Å². The molecule has 0 unspecified atom stereocenters. The summed E-state index contributed by atoms with van der Waals surface area (Å²) in [6, 6.07) is 18.3. The number of benzene rings is 3. The number of imidazole rings is 1. The maximum absolute atomic E-state index is 11.7. The third-order valence-electron chi connectivity index (χ3n) is 5.86. The lowest BCUT2D eigenvalue weighted by molar-refractivity contribution is 0.457. The molecule has 9 heteroatoms. The van der Waals surface area contributed by atoms with E-state index < -0.39 is 5.76 Å². The molecule has 0 radical (unpaired) electrons. The summed E-state index contributed by atoms with van der Waals surface area (Å²) in [5, 5.41) is 12.2. The summed E-state index contributed by atoms with van der Waals surface area (Å²) < 4.78 is 7.09. The van der Waals surface area contributed by atoms with Crippen LogP contribution in [0.15, 0.2) is 87.3 Å². The second kappa shape index (κ2) is 8.03. The largest absolute Gasteiger partial charge is 0.494 e. The number of rotatable bonds is 4. The lowest BCUT2D eigenvalue weighted by Gasteiger charge is -2.09. The molecule has 0 aliphatic heterocycles. The lowest BCUT2D eigenvalue weighted by atomic mass is 10.00. The van der Waals surface area contributed by atoms with Crippen LogP contribution < -0.4 is 5.76 Å². The molecule has 35 heavy (non-hydrogen) atoms. The average Bonchev–Trinajstić information content (AvgIpc) is 3.52. The van der Waals surface area contributed by atoms with Crippen molar-refractivity contribution in [3.63, 3.8) is 0 Å². The second-order valence-corrected chi connectivity index (χ2v) is 8.57. The molecule has 172 valence electrons. The molecule has 3 heterocycles. The molecule has 0 saturated heterocycles. The highest BCUT2D eigenvalue weighted by atomic mass is 35.5. The van der Waals surface area contributed by atoms with Gasteiger partial charge in [0.05, 0.1) is 28.0 Å². The van der Waals surface area contributed by atoms with E-state index in [0.717, 1.165) is 16.8 Å². The van der Waals surface area contributed by atoms with Crippen LogP contribution in [0.2, 0.25) is 5.02 Å². The average molecular weight is 484 g/mol. The van der Waals surface area contributed by atoms with Crippen molar-refractivity contribution in [3.8, 4) is 17.3 Å². The number of oxazole rings is 1. The fraction of sp³-hybridized carbons (Fsp3) is 0.0385. The van der Waals surface area contributed by atoms with E-state index in [2.05, 4.69) is 15.0 Å². The topological polar surface area (TPSA) is 112 Å². The van der Waals surface area contributed by atoms with Gasteiger partial charge in [-0.2, -0.15) is 0 Å². The molecule has 0 fully saturated rings. The van der Waals surface area contributed by atoms with Crippen LogP contribution in [0.4, 0.5) is 5.69 Å². The molecule has 6 aromatic rings. The number of hydrogen-bond donors (Lipinski definition) is 3. The van der Waals surface area contributed by atoms with Crippen molar-refractivity contribution in [2.24, 2.45) is 12.0 Å². The van der Waals surface area contributed by atoms with Crippen LogP contribution in [0.5, 0.6) is 5.88 Å². The summed E-state index contributed by atoms with van der Waals surface area (Å²) in [7, 11) is 1.94. The van der Waals surface area contributed by atoms with E-state index >= 15 is 0 Å². The van der Waals surface area contributed by atoms with Gasteiger partial charge in [0, 0.05) is 41.0 Å². The van der Waals surface area contributed by atoms with Crippen LogP contribution in [0.3, 0.4) is 0 Å². The Labute approximate surface area is 203 Å². The zero-order valence-corrected chi connectivity index (χ0v) is 19.2. The first-order chi connectivity index (χ1) is 17.0. The minimum atomic E-state index is -0.537. The van der Waals surface area contributed by atoms with E-state index in [-0.39, 0.29) is 5.88 Å². The third kappa shape index (κ3) is 3.70. The number of aromatic nitrogens is 4. The van der Waals surface area contributed by atoms with E-state index in [4.69, 9.17) is 21.0 Å². The summed E-state index contributed by atoms with van der Waals surface area (Å²) >= 11 is 6.16. The summed E-state index contributed by atoms with van der Waals surface area (Å²) in [4.78, 5) is 26.7. The highest BCUT2D eigenvalue weighted by molar-refractivity contribution is 6.31. The highest BCUT2D eigenvalue weighted by Gasteiger charge is 2.20. The minimum Gasteiger partial charge on any atom is -0.494 e. The molecule has 6 rings (SSSR count). The highest BCUT2D eigenvalue weighted by Crippen LogP contribution is 2.33. The van der Waals surface area contributed by atoms with Crippen LogP contribution in [0, 0.1) is 0 Å². The Kier molecular flexibility index (Phi) is 4.82. The number of nitrogens with zero attached hydrogens (tertiary/aromatic N) is 3. The molecule has 3 aromatic carbocycles. The Hall–Kier alpha value is -4.56. The van der Waals surface area contributed by atoms with Gasteiger partial charge in [0.15, 0.2) is 11.5 Å². The van der Waals surface area contributed by atoms with E-state index in [1.165, 1.54) is 0 Å². The Bertz CT molecular complexity index is 1800. The molecule has 0 aliphatic rings. The molecule has 3 aromatic heterocycles. The Balaban J connectivity index is 1.54. The van der Waals surface area contributed by atoms with Crippen molar-refractivity contribution in [1.29, 1.82) is 0 Å². The van der Waals surface area contributed by atoms with Crippen molar-refractivity contribution in [3.05, 3.63) is 99.8 Å². The molecule has 8 nitrogen and oxygen atoms in total. The normalized spacial score (nSPS) is 12.1. The van der Waals surface area contributed by atoms with Gasteiger partial charge in [-0.25, -0.2) is 14.8 Å². The summed E-state index contributed by atoms with van der Waals surface area (Å²) in [5.74, 6) is 0.276. The number of aliphatic imine (C=N–C) groups is 1. The summed E-state index contributed by atoms with van der Waals surface area (Å²) in [6.45, 7) is 0.